The molecule has 1 aliphatic heterocycles. The molecule has 1 aromatic carbocycles. The highest BCUT2D eigenvalue weighted by atomic mass is 16.3. The highest BCUT2D eigenvalue weighted by Crippen LogP contribution is 2.32. The van der Waals surface area contributed by atoms with Crippen molar-refractivity contribution in [2.45, 2.75) is 32.7 Å². The Balaban J connectivity index is 2.53. The molecule has 0 aliphatic carbocycles. The SMILES string of the molecule is CCC1NCCc2ccc(O)c(C)c21. The second-order valence-electron chi connectivity index (χ2n) is 3.95. The lowest BCUT2D eigenvalue weighted by molar-refractivity contribution is 0.455. The summed E-state index contributed by atoms with van der Waals surface area (Å²) in [5.41, 5.74) is 3.76. The molecule has 0 bridgehead atoms. The van der Waals surface area contributed by atoms with Crippen molar-refractivity contribution in [3.8, 4) is 5.75 Å². The molecule has 1 heterocycles. The number of fused-ring (bicyclic) bond motifs is 1. The lowest BCUT2D eigenvalue weighted by Gasteiger charge is -2.28. The van der Waals surface area contributed by atoms with Gasteiger partial charge in [-0.2, -0.15) is 0 Å². The number of aromatic hydroxyl groups is 1. The smallest absolute Gasteiger partial charge is 0.118 e. The molecule has 0 radical (unpaired) electrons. The van der Waals surface area contributed by atoms with Crippen molar-refractivity contribution in [2.24, 2.45) is 0 Å². The van der Waals surface area contributed by atoms with E-state index in [1.165, 1.54) is 11.1 Å². The van der Waals surface area contributed by atoms with Crippen molar-refractivity contribution in [3.63, 3.8) is 0 Å². The van der Waals surface area contributed by atoms with E-state index in [0.29, 0.717) is 11.8 Å². The number of hydrogen-bond donors (Lipinski definition) is 2. The van der Waals surface area contributed by atoms with Crippen LogP contribution in [0.5, 0.6) is 5.75 Å². The first-order valence-corrected chi connectivity index (χ1v) is 5.28. The molecule has 0 saturated heterocycles. The molecule has 0 spiro atoms. The minimum absolute atomic E-state index is 0.422. The molecule has 2 rings (SSSR count). The summed E-state index contributed by atoms with van der Waals surface area (Å²) in [6.07, 6.45) is 2.16. The summed E-state index contributed by atoms with van der Waals surface area (Å²) in [4.78, 5) is 0. The van der Waals surface area contributed by atoms with E-state index in [2.05, 4.69) is 18.3 Å². The van der Waals surface area contributed by atoms with Crippen molar-refractivity contribution < 1.29 is 5.11 Å². The number of phenols is 1. The normalized spacial score (nSPS) is 20.6. The van der Waals surface area contributed by atoms with Gasteiger partial charge in [-0.3, -0.25) is 0 Å². The Kier molecular flexibility index (Phi) is 2.46. The van der Waals surface area contributed by atoms with E-state index < -0.39 is 0 Å². The van der Waals surface area contributed by atoms with Gasteiger partial charge in [-0.05, 0) is 49.1 Å². The van der Waals surface area contributed by atoms with Gasteiger partial charge in [-0.25, -0.2) is 0 Å². The Morgan fingerprint density at radius 3 is 3.00 bits per heavy atom. The van der Waals surface area contributed by atoms with Gasteiger partial charge in [0.1, 0.15) is 5.75 Å². The van der Waals surface area contributed by atoms with Crippen molar-refractivity contribution in [2.75, 3.05) is 6.54 Å². The standard InChI is InChI=1S/C12H17NO/c1-3-10-12-8(2)11(14)5-4-9(12)6-7-13-10/h4-5,10,13-14H,3,6-7H2,1-2H3. The molecule has 2 N–H and O–H groups in total. The lowest BCUT2D eigenvalue weighted by Crippen LogP contribution is -2.30. The van der Waals surface area contributed by atoms with Crippen molar-refractivity contribution in [3.05, 3.63) is 28.8 Å². The van der Waals surface area contributed by atoms with Gasteiger partial charge in [-0.15, -0.1) is 0 Å². The van der Waals surface area contributed by atoms with Gasteiger partial charge < -0.3 is 10.4 Å². The fraction of sp³-hybridized carbons (Fsp3) is 0.500. The second-order valence-corrected chi connectivity index (χ2v) is 3.95. The highest BCUT2D eigenvalue weighted by Gasteiger charge is 2.21. The van der Waals surface area contributed by atoms with E-state index in [9.17, 15) is 5.11 Å². The maximum Gasteiger partial charge on any atom is 0.118 e. The van der Waals surface area contributed by atoms with E-state index in [1.807, 2.05) is 13.0 Å². The van der Waals surface area contributed by atoms with Crippen LogP contribution in [0.2, 0.25) is 0 Å². The summed E-state index contributed by atoms with van der Waals surface area (Å²) >= 11 is 0. The van der Waals surface area contributed by atoms with Gasteiger partial charge in [0.15, 0.2) is 0 Å². The number of nitrogens with one attached hydrogen (secondary N) is 1. The maximum atomic E-state index is 9.66. The Morgan fingerprint density at radius 1 is 1.50 bits per heavy atom. The van der Waals surface area contributed by atoms with Crippen LogP contribution in [0.3, 0.4) is 0 Å². The Labute approximate surface area is 85.0 Å². The first kappa shape index (κ1) is 9.53. The summed E-state index contributed by atoms with van der Waals surface area (Å²) in [7, 11) is 0. The topological polar surface area (TPSA) is 32.3 Å². The van der Waals surface area contributed by atoms with Crippen LogP contribution < -0.4 is 5.32 Å². The van der Waals surface area contributed by atoms with Crippen LogP contribution in [0.25, 0.3) is 0 Å². The molecule has 2 heteroatoms. The predicted molar refractivity (Wildman–Crippen MR) is 57.6 cm³/mol. The molecule has 2 nitrogen and oxygen atoms in total. The number of phenolic OH excluding ortho intramolecular Hbond substituents is 1. The van der Waals surface area contributed by atoms with E-state index in [1.54, 1.807) is 0 Å². The van der Waals surface area contributed by atoms with Crippen LogP contribution in [0.1, 0.15) is 36.1 Å². The lowest BCUT2D eigenvalue weighted by atomic mass is 9.89. The third-order valence-corrected chi connectivity index (χ3v) is 3.12. The van der Waals surface area contributed by atoms with Crippen LogP contribution >= 0.6 is 0 Å². The number of benzene rings is 1. The molecule has 0 amide bonds. The van der Waals surface area contributed by atoms with Crippen LogP contribution in [0, 0.1) is 6.92 Å². The maximum absolute atomic E-state index is 9.66. The molecular formula is C12H17NO. The second kappa shape index (κ2) is 3.62. The third kappa shape index (κ3) is 1.40. The van der Waals surface area contributed by atoms with Crippen LogP contribution in [-0.4, -0.2) is 11.7 Å². The van der Waals surface area contributed by atoms with Gasteiger partial charge in [0.2, 0.25) is 0 Å². The van der Waals surface area contributed by atoms with Crippen molar-refractivity contribution in [1.82, 2.24) is 5.32 Å². The predicted octanol–water partition coefficient (Wildman–Crippen LogP) is 2.30. The van der Waals surface area contributed by atoms with Crippen LogP contribution in [-0.2, 0) is 6.42 Å². The monoisotopic (exact) mass is 191 g/mol. The average molecular weight is 191 g/mol. The van der Waals surface area contributed by atoms with Crippen molar-refractivity contribution in [1.29, 1.82) is 0 Å². The van der Waals surface area contributed by atoms with Crippen LogP contribution in [0.15, 0.2) is 12.1 Å². The number of hydrogen-bond acceptors (Lipinski definition) is 2. The fourth-order valence-corrected chi connectivity index (χ4v) is 2.31. The van der Waals surface area contributed by atoms with Gasteiger partial charge in [0.25, 0.3) is 0 Å². The van der Waals surface area contributed by atoms with E-state index in [4.69, 9.17) is 0 Å². The van der Waals surface area contributed by atoms with Crippen LogP contribution in [0.4, 0.5) is 0 Å². The molecular weight excluding hydrogens is 174 g/mol. The fourth-order valence-electron chi connectivity index (χ4n) is 2.31. The van der Waals surface area contributed by atoms with E-state index >= 15 is 0 Å². The summed E-state index contributed by atoms with van der Waals surface area (Å²) in [6, 6.07) is 4.29. The first-order valence-electron chi connectivity index (χ1n) is 5.28. The molecule has 76 valence electrons. The molecule has 0 aromatic heterocycles. The molecule has 14 heavy (non-hydrogen) atoms. The Morgan fingerprint density at radius 2 is 2.29 bits per heavy atom. The molecule has 1 unspecified atom stereocenters. The van der Waals surface area contributed by atoms with Gasteiger partial charge >= 0.3 is 0 Å². The molecule has 1 atom stereocenters. The van der Waals surface area contributed by atoms with Gasteiger partial charge in [-0.1, -0.05) is 13.0 Å². The summed E-state index contributed by atoms with van der Waals surface area (Å²) in [5.74, 6) is 0.422. The van der Waals surface area contributed by atoms with Gasteiger partial charge in [0.05, 0.1) is 0 Å². The van der Waals surface area contributed by atoms with Crippen molar-refractivity contribution >= 4 is 0 Å². The largest absolute Gasteiger partial charge is 0.508 e. The zero-order valence-corrected chi connectivity index (χ0v) is 8.80. The summed E-state index contributed by atoms with van der Waals surface area (Å²) in [5, 5.41) is 13.1. The molecule has 0 fully saturated rings. The molecule has 0 saturated carbocycles. The van der Waals surface area contributed by atoms with E-state index in [0.717, 1.165) is 24.9 Å². The zero-order valence-electron chi connectivity index (χ0n) is 8.80. The minimum Gasteiger partial charge on any atom is -0.508 e. The average Bonchev–Trinajstić information content (AvgIpc) is 2.23. The molecule has 1 aromatic rings. The first-order chi connectivity index (χ1) is 6.74. The third-order valence-electron chi connectivity index (χ3n) is 3.12. The zero-order chi connectivity index (χ0) is 10.1. The Bertz CT molecular complexity index is 346. The number of rotatable bonds is 1. The van der Waals surface area contributed by atoms with Gasteiger partial charge in [0, 0.05) is 6.04 Å². The molecule has 1 aliphatic rings. The van der Waals surface area contributed by atoms with E-state index in [-0.39, 0.29) is 0 Å². The highest BCUT2D eigenvalue weighted by molar-refractivity contribution is 5.46. The quantitative estimate of drug-likeness (QED) is 0.714. The summed E-state index contributed by atoms with van der Waals surface area (Å²) in [6.45, 7) is 5.23. The summed E-state index contributed by atoms with van der Waals surface area (Å²) < 4.78 is 0. The Hall–Kier alpha value is -1.02. The minimum atomic E-state index is 0.422.